The van der Waals surface area contributed by atoms with Gasteiger partial charge in [-0.2, -0.15) is 0 Å². The first-order valence-corrected chi connectivity index (χ1v) is 12.5. The fraction of sp³-hybridized carbons (Fsp3) is 0.333. The number of ether oxygens (including phenoxy) is 2. The molecule has 0 saturated carbocycles. The van der Waals surface area contributed by atoms with Crippen LogP contribution < -0.4 is 4.74 Å². The van der Waals surface area contributed by atoms with Crippen LogP contribution in [0.4, 0.5) is 0 Å². The van der Waals surface area contributed by atoms with Gasteiger partial charge in [0.1, 0.15) is 24.1 Å². The maximum Gasteiger partial charge on any atom is 0.355 e. The van der Waals surface area contributed by atoms with Crippen LogP contribution >= 0.6 is 11.8 Å². The van der Waals surface area contributed by atoms with Crippen LogP contribution in [0.25, 0.3) is 0 Å². The number of methoxy groups -OCH3 is 1. The Hall–Kier alpha value is -3.19. The number of carbonyl (C=O) groups excluding carboxylic acids is 2. The van der Waals surface area contributed by atoms with E-state index in [1.165, 1.54) is 6.42 Å². The molecule has 2 atom stereocenters. The molecule has 7 heteroatoms. The van der Waals surface area contributed by atoms with Crippen LogP contribution in [0.3, 0.4) is 0 Å². The zero-order valence-electron chi connectivity index (χ0n) is 19.2. The summed E-state index contributed by atoms with van der Waals surface area (Å²) in [7, 11) is 1.62. The molecule has 4 aliphatic rings. The average molecular weight is 477 g/mol. The van der Waals surface area contributed by atoms with E-state index in [4.69, 9.17) is 9.47 Å². The second kappa shape index (κ2) is 9.58. The van der Waals surface area contributed by atoms with Crippen LogP contribution in [0.2, 0.25) is 0 Å². The number of nitrogens with zero attached hydrogens (tertiary/aromatic N) is 2. The molecule has 0 radical (unpaired) electrons. The summed E-state index contributed by atoms with van der Waals surface area (Å²) in [6.07, 6.45) is 11.4. The highest BCUT2D eigenvalue weighted by Gasteiger charge is 2.40. The Kier molecular flexibility index (Phi) is 6.37. The minimum atomic E-state index is -0.496. The number of esters is 1. The Labute approximate surface area is 204 Å². The van der Waals surface area contributed by atoms with E-state index in [-0.39, 0.29) is 12.4 Å². The van der Waals surface area contributed by atoms with E-state index in [0.717, 1.165) is 40.3 Å². The van der Waals surface area contributed by atoms with Crippen molar-refractivity contribution < 1.29 is 19.1 Å². The molecular weight excluding hydrogens is 448 g/mol. The maximum absolute atomic E-state index is 13.6. The first kappa shape index (κ1) is 22.6. The lowest BCUT2D eigenvalue weighted by Gasteiger charge is -2.45. The largest absolute Gasteiger partial charge is 0.497 e. The third-order valence-electron chi connectivity index (χ3n) is 6.59. The van der Waals surface area contributed by atoms with Crippen LogP contribution in [-0.4, -0.2) is 58.9 Å². The highest BCUT2D eigenvalue weighted by atomic mass is 32.2. The maximum atomic E-state index is 13.6. The van der Waals surface area contributed by atoms with Crippen molar-refractivity contribution in [2.75, 3.05) is 26.0 Å². The van der Waals surface area contributed by atoms with Gasteiger partial charge in [-0.1, -0.05) is 30.4 Å². The summed E-state index contributed by atoms with van der Waals surface area (Å²) >= 11 is 1.90. The van der Waals surface area contributed by atoms with Gasteiger partial charge in [0.25, 0.3) is 0 Å². The van der Waals surface area contributed by atoms with Crippen molar-refractivity contribution in [3.63, 3.8) is 0 Å². The summed E-state index contributed by atoms with van der Waals surface area (Å²) < 4.78 is 11.0. The Morgan fingerprint density at radius 1 is 1.29 bits per heavy atom. The lowest BCUT2D eigenvalue weighted by atomic mass is 9.85. The van der Waals surface area contributed by atoms with E-state index >= 15 is 0 Å². The van der Waals surface area contributed by atoms with Crippen LogP contribution in [0.1, 0.15) is 18.4 Å². The normalized spacial score (nSPS) is 23.4. The molecule has 0 spiro atoms. The Bertz CT molecular complexity index is 1130. The molecule has 0 bridgehead atoms. The number of hydrogen-bond donors (Lipinski definition) is 0. The lowest BCUT2D eigenvalue weighted by Crippen LogP contribution is -2.48. The van der Waals surface area contributed by atoms with Crippen molar-refractivity contribution in [2.45, 2.75) is 30.9 Å². The third-order valence-corrected chi connectivity index (χ3v) is 7.96. The minimum absolute atomic E-state index is 0.0198. The van der Waals surface area contributed by atoms with E-state index < -0.39 is 12.0 Å². The standard InChI is InChI=1S/C27H28N2O4S/c1-3-12-29-25-19(5-4-6-23(25)30)14-22(20-15-28-13-11-24(28)34-17-20)26(29)27(31)33-16-18-7-9-21(32-2)10-8-18/h3-4,6-10,14-15,24-25H,1,5,11-13,16-17H2,2H3. The smallest absolute Gasteiger partial charge is 0.355 e. The number of fused-ring (bicyclic) bond motifs is 2. The summed E-state index contributed by atoms with van der Waals surface area (Å²) in [5.41, 5.74) is 4.27. The quantitative estimate of drug-likeness (QED) is 0.436. The van der Waals surface area contributed by atoms with Gasteiger partial charge >= 0.3 is 5.97 Å². The van der Waals surface area contributed by atoms with E-state index in [1.54, 1.807) is 19.3 Å². The lowest BCUT2D eigenvalue weighted by molar-refractivity contribution is -0.142. The molecule has 1 saturated heterocycles. The summed E-state index contributed by atoms with van der Waals surface area (Å²) in [6, 6.07) is 6.94. The van der Waals surface area contributed by atoms with Crippen LogP contribution in [0, 0.1) is 0 Å². The van der Waals surface area contributed by atoms with E-state index in [1.807, 2.05) is 53.1 Å². The zero-order valence-corrected chi connectivity index (χ0v) is 20.1. The van der Waals surface area contributed by atoms with Gasteiger partial charge in [0.15, 0.2) is 5.78 Å². The highest BCUT2D eigenvalue weighted by molar-refractivity contribution is 8.00. The number of benzene rings is 1. The number of ketones is 1. The molecule has 0 amide bonds. The monoisotopic (exact) mass is 476 g/mol. The summed E-state index contributed by atoms with van der Waals surface area (Å²) in [5.74, 6) is 1.12. The first-order valence-electron chi connectivity index (χ1n) is 11.5. The molecule has 1 aromatic carbocycles. The van der Waals surface area contributed by atoms with E-state index in [0.29, 0.717) is 24.0 Å². The van der Waals surface area contributed by atoms with Crippen LogP contribution in [0.15, 0.2) is 83.8 Å². The Balaban J connectivity index is 1.51. The van der Waals surface area contributed by atoms with Crippen molar-refractivity contribution in [1.82, 2.24) is 9.80 Å². The summed E-state index contributed by atoms with van der Waals surface area (Å²) in [4.78, 5) is 30.7. The topological polar surface area (TPSA) is 59.1 Å². The fourth-order valence-electron chi connectivity index (χ4n) is 4.75. The van der Waals surface area contributed by atoms with Crippen LogP contribution in [-0.2, 0) is 20.9 Å². The van der Waals surface area contributed by atoms with Crippen molar-refractivity contribution in [1.29, 1.82) is 0 Å². The average Bonchev–Trinajstić information content (AvgIpc) is 2.83. The molecule has 176 valence electrons. The van der Waals surface area contributed by atoms with Gasteiger partial charge in [-0.05, 0) is 47.8 Å². The number of carbonyl (C=O) groups is 2. The predicted octanol–water partition coefficient (Wildman–Crippen LogP) is 3.98. The molecule has 6 nitrogen and oxygen atoms in total. The van der Waals surface area contributed by atoms with Crippen molar-refractivity contribution in [3.8, 4) is 5.75 Å². The zero-order chi connectivity index (χ0) is 23.7. The molecular formula is C27H28N2O4S. The van der Waals surface area contributed by atoms with E-state index in [9.17, 15) is 9.59 Å². The van der Waals surface area contributed by atoms with Crippen LogP contribution in [0.5, 0.6) is 5.75 Å². The summed E-state index contributed by atoms with van der Waals surface area (Å²) in [6.45, 7) is 5.43. The Morgan fingerprint density at radius 3 is 2.79 bits per heavy atom. The van der Waals surface area contributed by atoms with Gasteiger partial charge in [0, 0.05) is 30.6 Å². The van der Waals surface area contributed by atoms with Crippen molar-refractivity contribution in [3.05, 3.63) is 89.3 Å². The molecule has 34 heavy (non-hydrogen) atoms. The Morgan fingerprint density at radius 2 is 2.12 bits per heavy atom. The van der Waals surface area contributed by atoms with E-state index in [2.05, 4.69) is 17.7 Å². The van der Waals surface area contributed by atoms with Crippen molar-refractivity contribution >= 4 is 23.5 Å². The molecule has 3 heterocycles. The molecule has 1 aliphatic carbocycles. The van der Waals surface area contributed by atoms with Crippen molar-refractivity contribution in [2.24, 2.45) is 0 Å². The second-order valence-corrected chi connectivity index (χ2v) is 9.87. The second-order valence-electron chi connectivity index (χ2n) is 8.70. The molecule has 5 rings (SSSR count). The summed E-state index contributed by atoms with van der Waals surface area (Å²) in [5, 5.41) is 0.530. The molecule has 3 aliphatic heterocycles. The van der Waals surface area contributed by atoms with Gasteiger partial charge in [-0.25, -0.2) is 4.79 Å². The van der Waals surface area contributed by atoms with Gasteiger partial charge in [-0.15, -0.1) is 18.3 Å². The number of rotatable bonds is 7. The predicted molar refractivity (Wildman–Crippen MR) is 133 cm³/mol. The van der Waals surface area contributed by atoms with Gasteiger partial charge in [0.2, 0.25) is 0 Å². The number of thioether (sulfide) groups is 1. The molecule has 2 unspecified atom stereocenters. The molecule has 1 aromatic rings. The number of allylic oxidation sites excluding steroid dienone is 3. The van der Waals surface area contributed by atoms with Gasteiger partial charge < -0.3 is 19.3 Å². The molecule has 0 N–H and O–H groups in total. The van der Waals surface area contributed by atoms with Gasteiger partial charge in [-0.3, -0.25) is 4.79 Å². The SMILES string of the molecule is C=CCN1C(C(=O)OCc2ccc(OC)cc2)=C(C2=CN3CCC3SC2)C=C2CC=CC(=O)C21. The number of hydrogen-bond acceptors (Lipinski definition) is 7. The third kappa shape index (κ3) is 4.20. The first-order chi connectivity index (χ1) is 16.6. The molecule has 1 fully saturated rings. The highest BCUT2D eigenvalue weighted by Crippen LogP contribution is 2.41. The fourth-order valence-corrected chi connectivity index (χ4v) is 5.99. The molecule has 0 aromatic heterocycles. The minimum Gasteiger partial charge on any atom is -0.497 e. The van der Waals surface area contributed by atoms with Gasteiger partial charge in [0.05, 0.1) is 12.5 Å².